The minimum absolute atomic E-state index is 0.0108. The second-order valence-corrected chi connectivity index (χ2v) is 12.3. The first kappa shape index (κ1) is 21.2. The van der Waals surface area contributed by atoms with Crippen LogP contribution in [0.5, 0.6) is 0 Å². The Morgan fingerprint density at radius 1 is 1.06 bits per heavy atom. The van der Waals surface area contributed by atoms with Gasteiger partial charge in [0.1, 0.15) is 6.10 Å². The standard InChI is InChI=1S/C21H20N2O10S2/c24-15-9-14-17-16-11(5-8-29-14)10-22-7-6-20-12-3-1-2-4-13(12)23(15)21(17,20)31-35(27,28)33-32-34(25,26)30-18(16)19(20)22/h1-5,14,16-19H,6-10H2/t14?,16-,17-,18?,19+,20+,21?/m0/s1. The first-order valence-corrected chi connectivity index (χ1v) is 14.1. The first-order chi connectivity index (χ1) is 16.7. The molecule has 7 aliphatic rings. The Morgan fingerprint density at radius 3 is 2.71 bits per heavy atom. The van der Waals surface area contributed by atoms with Gasteiger partial charge in [-0.1, -0.05) is 38.5 Å². The Hall–Kier alpha value is -1.91. The van der Waals surface area contributed by atoms with E-state index in [0.717, 1.165) is 11.1 Å². The molecule has 4 saturated heterocycles. The number of piperidine rings is 2. The van der Waals surface area contributed by atoms with Gasteiger partial charge < -0.3 is 4.74 Å². The lowest BCUT2D eigenvalue weighted by molar-refractivity contribution is -0.227. The summed E-state index contributed by atoms with van der Waals surface area (Å²) in [6, 6.07) is 6.61. The van der Waals surface area contributed by atoms with Crippen molar-refractivity contribution < 1.29 is 43.4 Å². The minimum atomic E-state index is -5.09. The lowest BCUT2D eigenvalue weighted by atomic mass is 9.50. The molecular formula is C21H20N2O10S2. The van der Waals surface area contributed by atoms with Gasteiger partial charge in [-0.15, -0.1) is 0 Å². The van der Waals surface area contributed by atoms with Crippen LogP contribution in [0.15, 0.2) is 35.9 Å². The lowest BCUT2D eigenvalue weighted by Gasteiger charge is -2.65. The molecule has 6 aliphatic heterocycles. The van der Waals surface area contributed by atoms with Crippen molar-refractivity contribution in [3.05, 3.63) is 41.5 Å². The van der Waals surface area contributed by atoms with Crippen LogP contribution in [0.2, 0.25) is 0 Å². The number of amides is 1. The van der Waals surface area contributed by atoms with Crippen LogP contribution in [0, 0.1) is 11.8 Å². The zero-order valence-electron chi connectivity index (χ0n) is 18.1. The minimum Gasteiger partial charge on any atom is -0.373 e. The van der Waals surface area contributed by atoms with E-state index in [1.54, 1.807) is 12.1 Å². The molecule has 5 fully saturated rings. The van der Waals surface area contributed by atoms with Crippen molar-refractivity contribution in [1.82, 2.24) is 4.90 Å². The summed E-state index contributed by atoms with van der Waals surface area (Å²) >= 11 is 0. The van der Waals surface area contributed by atoms with Gasteiger partial charge in [-0.3, -0.25) is 14.6 Å². The van der Waals surface area contributed by atoms with E-state index >= 15 is 0 Å². The molecule has 3 unspecified atom stereocenters. The molecule has 35 heavy (non-hydrogen) atoms. The van der Waals surface area contributed by atoms with Crippen LogP contribution in [0.25, 0.3) is 0 Å². The molecule has 14 heteroatoms. The second kappa shape index (κ2) is 6.31. The quantitative estimate of drug-likeness (QED) is 0.332. The average molecular weight is 525 g/mol. The molecule has 2 spiro atoms. The van der Waals surface area contributed by atoms with Crippen molar-refractivity contribution in [1.29, 1.82) is 0 Å². The summed E-state index contributed by atoms with van der Waals surface area (Å²) in [6.45, 7) is 1.28. The molecule has 186 valence electrons. The number of rotatable bonds is 0. The largest absolute Gasteiger partial charge is 0.430 e. The summed E-state index contributed by atoms with van der Waals surface area (Å²) in [5.74, 6) is -1.67. The van der Waals surface area contributed by atoms with Gasteiger partial charge in [0.25, 0.3) is 0 Å². The number of carbonyl (C=O) groups excluding carboxylic acids is 1. The van der Waals surface area contributed by atoms with E-state index in [2.05, 4.69) is 13.6 Å². The highest BCUT2D eigenvalue weighted by Gasteiger charge is 2.84. The predicted molar refractivity (Wildman–Crippen MR) is 114 cm³/mol. The molecule has 0 radical (unpaired) electrons. The summed E-state index contributed by atoms with van der Waals surface area (Å²) in [6.07, 6.45) is 0.636. The van der Waals surface area contributed by atoms with Crippen molar-refractivity contribution in [2.45, 2.75) is 42.2 Å². The number of para-hydroxylation sites is 1. The van der Waals surface area contributed by atoms with Gasteiger partial charge in [0, 0.05) is 24.9 Å². The predicted octanol–water partition coefficient (Wildman–Crippen LogP) is -0.117. The molecule has 1 aromatic rings. The number of hydrogen-bond acceptors (Lipinski definition) is 11. The van der Waals surface area contributed by atoms with Crippen LogP contribution >= 0.6 is 0 Å². The maximum Gasteiger partial charge on any atom is 0.430 e. The third-order valence-electron chi connectivity index (χ3n) is 8.94. The first-order valence-electron chi connectivity index (χ1n) is 11.4. The van der Waals surface area contributed by atoms with E-state index in [9.17, 15) is 21.6 Å². The molecule has 0 N–H and O–H groups in total. The lowest BCUT2D eigenvalue weighted by Crippen LogP contribution is -2.82. The number of anilines is 1. The average Bonchev–Trinajstić information content (AvgIpc) is 3.23. The molecular weight excluding hydrogens is 504 g/mol. The fourth-order valence-electron chi connectivity index (χ4n) is 8.26. The van der Waals surface area contributed by atoms with E-state index in [4.69, 9.17) is 13.1 Å². The maximum absolute atomic E-state index is 13.7. The van der Waals surface area contributed by atoms with Crippen LogP contribution in [0.4, 0.5) is 5.69 Å². The highest BCUT2D eigenvalue weighted by atomic mass is 32.3. The Balaban J connectivity index is 1.55. The van der Waals surface area contributed by atoms with Gasteiger partial charge in [-0.2, -0.15) is 16.8 Å². The van der Waals surface area contributed by atoms with Crippen LogP contribution in [0.3, 0.4) is 0 Å². The monoisotopic (exact) mass is 524 g/mol. The van der Waals surface area contributed by atoms with Crippen LogP contribution in [-0.4, -0.2) is 71.3 Å². The van der Waals surface area contributed by atoms with E-state index in [-0.39, 0.29) is 18.9 Å². The zero-order valence-corrected chi connectivity index (χ0v) is 19.7. The van der Waals surface area contributed by atoms with Crippen molar-refractivity contribution in [3.63, 3.8) is 0 Å². The maximum atomic E-state index is 13.7. The summed E-state index contributed by atoms with van der Waals surface area (Å²) < 4.78 is 78.2. The van der Waals surface area contributed by atoms with Gasteiger partial charge in [0.05, 0.1) is 36.3 Å². The molecule has 7 atom stereocenters. The molecule has 12 nitrogen and oxygen atoms in total. The normalized spacial score (nSPS) is 46.1. The summed E-state index contributed by atoms with van der Waals surface area (Å²) in [5, 5.41) is 0. The second-order valence-electron chi connectivity index (χ2n) is 10.1. The van der Waals surface area contributed by atoms with E-state index < -0.39 is 62.0 Å². The SMILES string of the molecule is O=C1CC2OCC=C3CN4CC[C@]56c7ccccc7N1C51OS(=O)(=O)OOS(=O)(=O)OC([C@@H]3[C@H]21)[C@@H]46. The summed E-state index contributed by atoms with van der Waals surface area (Å²) in [5.41, 5.74) is -0.743. The number of benzene rings is 1. The number of fused-ring (bicyclic) bond motifs is 2. The van der Waals surface area contributed by atoms with Gasteiger partial charge in [0.2, 0.25) is 5.91 Å². The Labute approximate surface area is 200 Å². The molecule has 0 aromatic heterocycles. The van der Waals surface area contributed by atoms with Crippen molar-refractivity contribution >= 4 is 32.4 Å². The fraction of sp³-hybridized carbons (Fsp3) is 0.571. The van der Waals surface area contributed by atoms with Crippen LogP contribution in [0.1, 0.15) is 18.4 Å². The van der Waals surface area contributed by atoms with E-state index in [0.29, 0.717) is 25.2 Å². The molecule has 1 amide bonds. The van der Waals surface area contributed by atoms with Gasteiger partial charge in [-0.05, 0) is 18.1 Å². The number of ether oxygens (including phenoxy) is 1. The van der Waals surface area contributed by atoms with Gasteiger partial charge in [-0.25, -0.2) is 8.37 Å². The topological polar surface area (TPSA) is 138 Å². The van der Waals surface area contributed by atoms with E-state index in [1.165, 1.54) is 4.90 Å². The molecule has 1 saturated carbocycles. The fourth-order valence-corrected chi connectivity index (χ4v) is 10.0. The highest BCUT2D eigenvalue weighted by Crippen LogP contribution is 2.72. The number of hydrogen-bond donors (Lipinski definition) is 0. The third-order valence-corrected chi connectivity index (χ3v) is 10.4. The van der Waals surface area contributed by atoms with Crippen molar-refractivity contribution in [3.8, 4) is 0 Å². The molecule has 4 bridgehead atoms. The summed E-state index contributed by atoms with van der Waals surface area (Å²) in [4.78, 5) is 17.3. The Kier molecular flexibility index (Phi) is 3.82. The van der Waals surface area contributed by atoms with Crippen molar-refractivity contribution in [2.24, 2.45) is 11.8 Å². The molecule has 8 rings (SSSR count). The van der Waals surface area contributed by atoms with E-state index in [1.807, 2.05) is 18.2 Å². The van der Waals surface area contributed by atoms with Crippen molar-refractivity contribution in [2.75, 3.05) is 24.6 Å². The Bertz CT molecular complexity index is 1440. The smallest absolute Gasteiger partial charge is 0.373 e. The Morgan fingerprint density at radius 2 is 1.86 bits per heavy atom. The van der Waals surface area contributed by atoms with Gasteiger partial charge >= 0.3 is 20.8 Å². The molecule has 1 aliphatic carbocycles. The zero-order chi connectivity index (χ0) is 24.0. The number of carbonyl (C=O) groups is 1. The van der Waals surface area contributed by atoms with Gasteiger partial charge in [0.15, 0.2) is 5.72 Å². The van der Waals surface area contributed by atoms with Crippen LogP contribution in [-0.2, 0) is 52.8 Å². The number of nitrogens with zero attached hydrogens (tertiary/aromatic N) is 2. The molecule has 6 heterocycles. The third kappa shape index (κ3) is 2.31. The summed E-state index contributed by atoms with van der Waals surface area (Å²) in [7, 11) is -9.98. The van der Waals surface area contributed by atoms with Crippen LogP contribution < -0.4 is 4.90 Å². The highest BCUT2D eigenvalue weighted by molar-refractivity contribution is 7.84. The molecule has 1 aromatic carbocycles.